The largest absolute Gasteiger partial charge is 0.462 e. The van der Waals surface area contributed by atoms with Crippen molar-refractivity contribution in [1.29, 1.82) is 0 Å². The molecule has 0 saturated heterocycles. The van der Waals surface area contributed by atoms with Crippen LogP contribution in [-0.2, 0) is 28.6 Å². The van der Waals surface area contributed by atoms with E-state index in [0.29, 0.717) is 19.3 Å². The summed E-state index contributed by atoms with van der Waals surface area (Å²) in [6.07, 6.45) is 64.6. The van der Waals surface area contributed by atoms with Crippen LogP contribution in [0.5, 0.6) is 0 Å². The Morgan fingerprint density at radius 3 is 1.15 bits per heavy atom. The van der Waals surface area contributed by atoms with Crippen molar-refractivity contribution in [2.75, 3.05) is 13.2 Å². The third kappa shape index (κ3) is 44.9. The third-order valence-electron chi connectivity index (χ3n) is 9.37. The predicted octanol–water partition coefficient (Wildman–Crippen LogP) is 15.4. The van der Waals surface area contributed by atoms with Gasteiger partial charge < -0.3 is 14.2 Å². The molecule has 0 saturated carbocycles. The number of unbranched alkanes of at least 4 members (excludes halogenated alkanes) is 16. The number of esters is 3. The lowest BCUT2D eigenvalue weighted by Gasteiger charge is -2.18. The standard InChI is InChI=1S/C54H84O6/c1-4-7-10-13-16-19-22-24-25-26-27-28-30-32-35-38-41-44-47-53(56)59-50-51(49-58-52(55)46-43-40-37-34-31-21-18-15-12-9-6-3)60-54(57)48-45-42-39-36-33-29-23-20-17-14-11-8-5-2/h8,10-11,13-20,22-29,33,51H,4-7,9,12,21,30-32,34-50H2,1-3H3/b11-8-,13-10-,17-14-,18-15-,19-16-,23-20-,24-22-,26-25-,28-27-,33-29-. The zero-order valence-corrected chi connectivity index (χ0v) is 38.2. The van der Waals surface area contributed by atoms with Crippen molar-refractivity contribution in [1.82, 2.24) is 0 Å². The van der Waals surface area contributed by atoms with Gasteiger partial charge in [-0.2, -0.15) is 0 Å². The van der Waals surface area contributed by atoms with E-state index in [-0.39, 0.29) is 37.5 Å². The molecule has 0 aromatic rings. The summed E-state index contributed by atoms with van der Waals surface area (Å²) in [6.45, 7) is 6.27. The molecular formula is C54H84O6. The van der Waals surface area contributed by atoms with Gasteiger partial charge in [0.15, 0.2) is 6.10 Å². The molecule has 0 amide bonds. The van der Waals surface area contributed by atoms with E-state index >= 15 is 0 Å². The van der Waals surface area contributed by atoms with Crippen molar-refractivity contribution in [2.45, 2.75) is 187 Å². The molecule has 0 spiro atoms. The summed E-state index contributed by atoms with van der Waals surface area (Å²) in [5, 5.41) is 0. The highest BCUT2D eigenvalue weighted by molar-refractivity contribution is 5.71. The van der Waals surface area contributed by atoms with Crippen LogP contribution >= 0.6 is 0 Å². The smallest absolute Gasteiger partial charge is 0.306 e. The molecule has 0 heterocycles. The van der Waals surface area contributed by atoms with Crippen LogP contribution < -0.4 is 0 Å². The molecule has 1 unspecified atom stereocenters. The van der Waals surface area contributed by atoms with Gasteiger partial charge in [0, 0.05) is 19.3 Å². The van der Waals surface area contributed by atoms with Gasteiger partial charge in [0.2, 0.25) is 0 Å². The van der Waals surface area contributed by atoms with Gasteiger partial charge in [-0.05, 0) is 77.0 Å². The van der Waals surface area contributed by atoms with Crippen LogP contribution in [0.25, 0.3) is 0 Å². The van der Waals surface area contributed by atoms with Gasteiger partial charge >= 0.3 is 17.9 Å². The number of hydrogen-bond acceptors (Lipinski definition) is 6. The summed E-state index contributed by atoms with van der Waals surface area (Å²) in [7, 11) is 0. The SMILES string of the molecule is CC\C=C/C=C\C=C/C=C\CCCCCC(=O)OC(COC(=O)CCCCCCC\C=C/C=C\C=C/C=C\C=C/CCC)COC(=O)CCCCCCC/C=C\CCCC. The Morgan fingerprint density at radius 1 is 0.350 bits per heavy atom. The first kappa shape index (κ1) is 55.8. The molecule has 6 heteroatoms. The van der Waals surface area contributed by atoms with Gasteiger partial charge in [0.05, 0.1) is 0 Å². The van der Waals surface area contributed by atoms with Crippen LogP contribution in [-0.4, -0.2) is 37.2 Å². The molecule has 0 aliphatic rings. The van der Waals surface area contributed by atoms with Crippen molar-refractivity contribution in [3.05, 3.63) is 122 Å². The summed E-state index contributed by atoms with van der Waals surface area (Å²) in [6, 6.07) is 0. The molecule has 0 fully saturated rings. The minimum Gasteiger partial charge on any atom is -0.462 e. The van der Waals surface area contributed by atoms with Crippen LogP contribution in [0, 0.1) is 0 Å². The van der Waals surface area contributed by atoms with E-state index < -0.39 is 6.10 Å². The molecule has 0 bridgehead atoms. The van der Waals surface area contributed by atoms with E-state index in [9.17, 15) is 14.4 Å². The van der Waals surface area contributed by atoms with Crippen molar-refractivity contribution in [3.63, 3.8) is 0 Å². The number of allylic oxidation sites excluding steroid dienone is 20. The second-order valence-electron chi connectivity index (χ2n) is 15.1. The molecule has 0 aromatic heterocycles. The summed E-state index contributed by atoms with van der Waals surface area (Å²) < 4.78 is 16.7. The Kier molecular flexibility index (Phi) is 44.2. The maximum Gasteiger partial charge on any atom is 0.306 e. The molecule has 0 aliphatic carbocycles. The first-order valence-corrected chi connectivity index (χ1v) is 23.7. The van der Waals surface area contributed by atoms with E-state index in [1.165, 1.54) is 32.1 Å². The highest BCUT2D eigenvalue weighted by Crippen LogP contribution is 2.12. The van der Waals surface area contributed by atoms with E-state index in [1.54, 1.807) is 0 Å². The fourth-order valence-corrected chi connectivity index (χ4v) is 5.81. The average Bonchev–Trinajstić information content (AvgIpc) is 3.24. The van der Waals surface area contributed by atoms with Crippen LogP contribution in [0.3, 0.4) is 0 Å². The molecule has 336 valence electrons. The first-order chi connectivity index (χ1) is 29.5. The summed E-state index contributed by atoms with van der Waals surface area (Å²) in [4.78, 5) is 37.8. The highest BCUT2D eigenvalue weighted by atomic mass is 16.6. The van der Waals surface area contributed by atoms with Gasteiger partial charge in [-0.3, -0.25) is 14.4 Å². The van der Waals surface area contributed by atoms with Crippen LogP contribution in [0.2, 0.25) is 0 Å². The number of carbonyl (C=O) groups excluding carboxylic acids is 3. The fourth-order valence-electron chi connectivity index (χ4n) is 5.81. The molecule has 0 N–H and O–H groups in total. The Morgan fingerprint density at radius 2 is 0.700 bits per heavy atom. The van der Waals surface area contributed by atoms with Crippen molar-refractivity contribution < 1.29 is 28.6 Å². The minimum absolute atomic E-state index is 0.111. The maximum atomic E-state index is 12.7. The number of carbonyl (C=O) groups is 3. The molecular weight excluding hydrogens is 745 g/mol. The van der Waals surface area contributed by atoms with Gasteiger partial charge in [-0.1, -0.05) is 206 Å². The predicted molar refractivity (Wildman–Crippen MR) is 256 cm³/mol. The van der Waals surface area contributed by atoms with E-state index in [2.05, 4.69) is 69.4 Å². The van der Waals surface area contributed by atoms with Crippen LogP contribution in [0.4, 0.5) is 0 Å². The quantitative estimate of drug-likeness (QED) is 0.0201. The Bertz CT molecular complexity index is 1320. The average molecular weight is 829 g/mol. The van der Waals surface area contributed by atoms with Gasteiger partial charge in [0.25, 0.3) is 0 Å². The van der Waals surface area contributed by atoms with E-state index in [4.69, 9.17) is 14.2 Å². The van der Waals surface area contributed by atoms with E-state index in [1.807, 2.05) is 72.9 Å². The molecule has 0 rings (SSSR count). The first-order valence-electron chi connectivity index (χ1n) is 23.7. The third-order valence-corrected chi connectivity index (χ3v) is 9.37. The normalized spacial score (nSPS) is 13.2. The second-order valence-corrected chi connectivity index (χ2v) is 15.1. The second kappa shape index (κ2) is 47.5. The summed E-state index contributed by atoms with van der Waals surface area (Å²) in [5.74, 6) is -0.999. The Labute approximate surface area is 367 Å². The lowest BCUT2D eigenvalue weighted by molar-refractivity contribution is -0.167. The van der Waals surface area contributed by atoms with E-state index in [0.717, 1.165) is 103 Å². The van der Waals surface area contributed by atoms with Crippen molar-refractivity contribution in [3.8, 4) is 0 Å². The minimum atomic E-state index is -0.814. The Balaban J connectivity index is 4.52. The zero-order chi connectivity index (χ0) is 43.7. The van der Waals surface area contributed by atoms with Crippen LogP contribution in [0.1, 0.15) is 181 Å². The Hall–Kier alpha value is -4.19. The molecule has 60 heavy (non-hydrogen) atoms. The van der Waals surface area contributed by atoms with Gasteiger partial charge in [-0.25, -0.2) is 0 Å². The summed E-state index contributed by atoms with van der Waals surface area (Å²) in [5.41, 5.74) is 0. The lowest BCUT2D eigenvalue weighted by atomic mass is 10.1. The summed E-state index contributed by atoms with van der Waals surface area (Å²) >= 11 is 0. The fraction of sp³-hybridized carbons (Fsp3) is 0.574. The monoisotopic (exact) mass is 829 g/mol. The number of rotatable bonds is 40. The molecule has 1 atom stereocenters. The zero-order valence-electron chi connectivity index (χ0n) is 38.2. The van der Waals surface area contributed by atoms with Gasteiger partial charge in [0.1, 0.15) is 13.2 Å². The van der Waals surface area contributed by atoms with Gasteiger partial charge in [-0.15, -0.1) is 0 Å². The molecule has 0 radical (unpaired) electrons. The maximum absolute atomic E-state index is 12.7. The van der Waals surface area contributed by atoms with Crippen molar-refractivity contribution in [2.24, 2.45) is 0 Å². The number of hydrogen-bond donors (Lipinski definition) is 0. The van der Waals surface area contributed by atoms with Crippen molar-refractivity contribution >= 4 is 17.9 Å². The van der Waals surface area contributed by atoms with Crippen LogP contribution in [0.15, 0.2) is 122 Å². The molecule has 0 aliphatic heterocycles. The highest BCUT2D eigenvalue weighted by Gasteiger charge is 2.19. The molecule has 6 nitrogen and oxygen atoms in total. The topological polar surface area (TPSA) is 78.9 Å². The lowest BCUT2D eigenvalue weighted by Crippen LogP contribution is -2.30. The number of ether oxygens (including phenoxy) is 3. The molecule has 0 aromatic carbocycles.